The molecule has 0 amide bonds. The van der Waals surface area contributed by atoms with Crippen LogP contribution in [0.1, 0.15) is 40.0 Å². The Morgan fingerprint density at radius 3 is 2.56 bits per heavy atom. The standard InChI is InChI=1S/C15H22BrClO/c1-10-6-5-7-13(2,3)15(10)8-11(16)14(4,17)9-12(15)18/h5,7,11-12,18H,1,6,8-9H2,2-4H3/t11-,12-,14-,15+/m0/s1. The molecule has 2 aliphatic rings. The molecule has 0 saturated heterocycles. The Hall–Kier alpha value is 0.210. The molecule has 0 heterocycles. The minimum absolute atomic E-state index is 0.0822. The normalized spacial score (nSPS) is 47.6. The fraction of sp³-hybridized carbons (Fsp3) is 0.733. The van der Waals surface area contributed by atoms with Crippen molar-refractivity contribution in [2.75, 3.05) is 0 Å². The van der Waals surface area contributed by atoms with Gasteiger partial charge in [0.15, 0.2) is 0 Å². The van der Waals surface area contributed by atoms with Crippen molar-refractivity contribution in [1.82, 2.24) is 0 Å². The van der Waals surface area contributed by atoms with Crippen LogP contribution < -0.4 is 0 Å². The molecule has 18 heavy (non-hydrogen) atoms. The van der Waals surface area contributed by atoms with Crippen LogP contribution >= 0.6 is 27.5 Å². The summed E-state index contributed by atoms with van der Waals surface area (Å²) in [4.78, 5) is -0.195. The second-order valence-corrected chi connectivity index (χ2v) is 8.54. The zero-order valence-corrected chi connectivity index (χ0v) is 13.7. The molecule has 1 fully saturated rings. The van der Waals surface area contributed by atoms with Crippen LogP contribution in [0.15, 0.2) is 24.3 Å². The minimum atomic E-state index is -0.429. The largest absolute Gasteiger partial charge is 0.392 e. The highest BCUT2D eigenvalue weighted by Gasteiger charge is 2.58. The summed E-state index contributed by atoms with van der Waals surface area (Å²) in [5.74, 6) is 0. The van der Waals surface area contributed by atoms with Crippen molar-refractivity contribution in [1.29, 1.82) is 0 Å². The smallest absolute Gasteiger partial charge is 0.0659 e. The summed E-state index contributed by atoms with van der Waals surface area (Å²) in [6.45, 7) is 10.6. The van der Waals surface area contributed by atoms with Gasteiger partial charge >= 0.3 is 0 Å². The van der Waals surface area contributed by atoms with Crippen molar-refractivity contribution in [3.8, 4) is 0 Å². The zero-order chi connectivity index (χ0) is 13.8. The molecule has 0 bridgehead atoms. The third-order valence-corrected chi connectivity index (χ3v) is 7.01. The van der Waals surface area contributed by atoms with Gasteiger partial charge in [-0.25, -0.2) is 0 Å². The summed E-state index contributed by atoms with van der Waals surface area (Å²) < 4.78 is 0. The first kappa shape index (κ1) is 14.6. The molecule has 0 radical (unpaired) electrons. The molecule has 3 heteroatoms. The van der Waals surface area contributed by atoms with Gasteiger partial charge in [-0.15, -0.1) is 11.6 Å². The second-order valence-electron chi connectivity index (χ2n) is 6.57. The fourth-order valence-electron chi connectivity index (χ4n) is 3.67. The van der Waals surface area contributed by atoms with E-state index in [9.17, 15) is 5.11 Å². The van der Waals surface area contributed by atoms with Gasteiger partial charge in [0.2, 0.25) is 0 Å². The van der Waals surface area contributed by atoms with Crippen LogP contribution in [-0.2, 0) is 0 Å². The first-order chi connectivity index (χ1) is 8.13. The predicted octanol–water partition coefficient (Wildman–Crippen LogP) is 4.43. The SMILES string of the molecule is C=C1CC=CC(C)(C)[C@]12C[C@H](Br)[C@@](C)(Cl)C[C@@H]2O. The molecule has 0 aromatic carbocycles. The van der Waals surface area contributed by atoms with Gasteiger partial charge in [-0.1, -0.05) is 54.1 Å². The lowest BCUT2D eigenvalue weighted by Crippen LogP contribution is -2.58. The molecule has 1 saturated carbocycles. The van der Waals surface area contributed by atoms with Gasteiger partial charge in [0.25, 0.3) is 0 Å². The Morgan fingerprint density at radius 2 is 2.00 bits per heavy atom. The third-order valence-electron chi connectivity index (χ3n) is 5.00. The molecule has 0 aromatic heterocycles. The van der Waals surface area contributed by atoms with Crippen LogP contribution in [0.3, 0.4) is 0 Å². The molecule has 1 nitrogen and oxygen atoms in total. The molecule has 0 aliphatic heterocycles. The van der Waals surface area contributed by atoms with E-state index in [1.807, 2.05) is 6.92 Å². The van der Waals surface area contributed by atoms with Gasteiger partial charge < -0.3 is 5.11 Å². The number of halogens is 2. The van der Waals surface area contributed by atoms with E-state index >= 15 is 0 Å². The fourth-order valence-corrected chi connectivity index (χ4v) is 4.59. The van der Waals surface area contributed by atoms with E-state index in [4.69, 9.17) is 11.6 Å². The molecule has 1 spiro atoms. The lowest BCUT2D eigenvalue weighted by molar-refractivity contribution is -0.0540. The summed E-state index contributed by atoms with van der Waals surface area (Å²) in [5, 5.41) is 10.7. The molecule has 102 valence electrons. The molecule has 0 unspecified atom stereocenters. The van der Waals surface area contributed by atoms with Gasteiger partial charge in [0.05, 0.1) is 11.0 Å². The van der Waals surface area contributed by atoms with Crippen LogP contribution in [0.5, 0.6) is 0 Å². The monoisotopic (exact) mass is 332 g/mol. The number of aliphatic hydroxyl groups excluding tert-OH is 1. The van der Waals surface area contributed by atoms with Crippen LogP contribution in [-0.4, -0.2) is 20.9 Å². The summed E-state index contributed by atoms with van der Waals surface area (Å²) >= 11 is 10.2. The molecular formula is C15H22BrClO. The highest BCUT2D eigenvalue weighted by molar-refractivity contribution is 9.09. The maximum Gasteiger partial charge on any atom is 0.0659 e. The van der Waals surface area contributed by atoms with Gasteiger partial charge in [-0.3, -0.25) is 0 Å². The van der Waals surface area contributed by atoms with Crippen LogP contribution in [0, 0.1) is 10.8 Å². The van der Waals surface area contributed by atoms with Crippen molar-refractivity contribution < 1.29 is 5.11 Å². The zero-order valence-electron chi connectivity index (χ0n) is 11.3. The van der Waals surface area contributed by atoms with Crippen LogP contribution in [0.25, 0.3) is 0 Å². The number of alkyl halides is 2. The maximum atomic E-state index is 10.7. The predicted molar refractivity (Wildman–Crippen MR) is 81.3 cm³/mol. The number of allylic oxidation sites excluding steroid dienone is 2. The average Bonchev–Trinajstić information content (AvgIpc) is 2.20. The highest BCUT2D eigenvalue weighted by Crippen LogP contribution is 2.61. The minimum Gasteiger partial charge on any atom is -0.392 e. The Kier molecular flexibility index (Phi) is 3.54. The van der Waals surface area contributed by atoms with Crippen LogP contribution in [0.4, 0.5) is 0 Å². The molecule has 4 atom stereocenters. The van der Waals surface area contributed by atoms with Gasteiger partial charge in [-0.2, -0.15) is 0 Å². The summed E-state index contributed by atoms with van der Waals surface area (Å²) in [5.41, 5.74) is 0.796. The van der Waals surface area contributed by atoms with E-state index in [1.165, 1.54) is 0 Å². The van der Waals surface area contributed by atoms with Crippen molar-refractivity contribution in [2.24, 2.45) is 10.8 Å². The third kappa shape index (κ3) is 1.92. The Morgan fingerprint density at radius 1 is 1.39 bits per heavy atom. The quantitative estimate of drug-likeness (QED) is 0.513. The molecular weight excluding hydrogens is 312 g/mol. The molecule has 2 aliphatic carbocycles. The molecule has 0 aromatic rings. The van der Waals surface area contributed by atoms with Crippen molar-refractivity contribution in [2.45, 2.75) is 55.8 Å². The second kappa shape index (κ2) is 4.36. The number of rotatable bonds is 0. The summed E-state index contributed by atoms with van der Waals surface area (Å²) in [6.07, 6.45) is 6.25. The van der Waals surface area contributed by atoms with E-state index in [0.717, 1.165) is 18.4 Å². The first-order valence-electron chi connectivity index (χ1n) is 6.50. The topological polar surface area (TPSA) is 20.2 Å². The van der Waals surface area contributed by atoms with Crippen molar-refractivity contribution in [3.63, 3.8) is 0 Å². The highest BCUT2D eigenvalue weighted by atomic mass is 79.9. The van der Waals surface area contributed by atoms with E-state index in [0.29, 0.717) is 6.42 Å². The Bertz CT molecular complexity index is 399. The maximum absolute atomic E-state index is 10.7. The van der Waals surface area contributed by atoms with Gasteiger partial charge in [0, 0.05) is 10.2 Å². The van der Waals surface area contributed by atoms with E-state index < -0.39 is 6.10 Å². The van der Waals surface area contributed by atoms with Crippen molar-refractivity contribution >= 4 is 27.5 Å². The van der Waals surface area contributed by atoms with E-state index in [1.54, 1.807) is 0 Å². The number of hydrogen-bond acceptors (Lipinski definition) is 1. The van der Waals surface area contributed by atoms with E-state index in [2.05, 4.69) is 48.5 Å². The number of aliphatic hydroxyl groups is 1. The summed E-state index contributed by atoms with van der Waals surface area (Å²) in [6, 6.07) is 0. The molecule has 2 rings (SSSR count). The van der Waals surface area contributed by atoms with Gasteiger partial charge in [0.1, 0.15) is 0 Å². The Balaban J connectivity index is 2.47. The lowest BCUT2D eigenvalue weighted by Gasteiger charge is -2.58. The van der Waals surface area contributed by atoms with Crippen LogP contribution in [0.2, 0.25) is 0 Å². The summed E-state index contributed by atoms with van der Waals surface area (Å²) in [7, 11) is 0. The first-order valence-corrected chi connectivity index (χ1v) is 7.80. The Labute approximate surface area is 123 Å². The lowest BCUT2D eigenvalue weighted by atomic mass is 9.50. The van der Waals surface area contributed by atoms with E-state index in [-0.39, 0.29) is 20.5 Å². The molecule has 1 N–H and O–H groups in total. The van der Waals surface area contributed by atoms with Crippen molar-refractivity contribution in [3.05, 3.63) is 24.3 Å². The van der Waals surface area contributed by atoms with Gasteiger partial charge in [-0.05, 0) is 31.6 Å². The number of hydrogen-bond donors (Lipinski definition) is 1. The average molecular weight is 334 g/mol.